The van der Waals surface area contributed by atoms with Gasteiger partial charge in [0.05, 0.1) is 11.4 Å². The average molecular weight is 724 g/mol. The van der Waals surface area contributed by atoms with Gasteiger partial charge < -0.3 is 0 Å². The summed E-state index contributed by atoms with van der Waals surface area (Å²) in [5.74, 6) is 1.99. The summed E-state index contributed by atoms with van der Waals surface area (Å²) in [6, 6.07) is 28.6. The van der Waals surface area contributed by atoms with E-state index in [1.807, 2.05) is 0 Å². The SMILES string of the molecule is C=C1C=C(c2ccccc2)N=C(c2cccc(C3C=CC(C4CC=CC(=C)C4C4=CC=CCC4)=CC3)c2)C(C)=C1c1ccc(C2=CC3C=CC=CC3C=C2)cc1. The molecule has 6 aliphatic rings. The van der Waals surface area contributed by atoms with Crippen LogP contribution in [0.2, 0.25) is 0 Å². The monoisotopic (exact) mass is 723 g/mol. The predicted octanol–water partition coefficient (Wildman–Crippen LogP) is 13.9. The molecule has 0 spiro atoms. The fraction of sp³-hybridized carbons (Fsp3) is 0.182. The Hall–Kier alpha value is -6.05. The van der Waals surface area contributed by atoms with Gasteiger partial charge in [-0.25, -0.2) is 4.99 Å². The molecule has 0 bridgehead atoms. The van der Waals surface area contributed by atoms with Gasteiger partial charge in [0.25, 0.3) is 0 Å². The first-order chi connectivity index (χ1) is 27.5. The van der Waals surface area contributed by atoms with E-state index in [1.54, 1.807) is 0 Å². The molecule has 0 fully saturated rings. The highest BCUT2D eigenvalue weighted by Crippen LogP contribution is 2.44. The van der Waals surface area contributed by atoms with E-state index in [9.17, 15) is 0 Å². The van der Waals surface area contributed by atoms with E-state index < -0.39 is 0 Å². The largest absolute Gasteiger partial charge is 0.247 e. The smallest absolute Gasteiger partial charge is 0.0745 e. The molecule has 1 nitrogen and oxygen atoms in total. The minimum atomic E-state index is 0.302. The maximum absolute atomic E-state index is 5.45. The van der Waals surface area contributed by atoms with Gasteiger partial charge in [-0.2, -0.15) is 0 Å². The Morgan fingerprint density at radius 3 is 2.29 bits per heavy atom. The Kier molecular flexibility index (Phi) is 9.93. The maximum atomic E-state index is 5.45. The fourth-order valence-corrected chi connectivity index (χ4v) is 9.42. The second kappa shape index (κ2) is 15.6. The molecule has 56 heavy (non-hydrogen) atoms. The molecule has 1 heterocycles. The molecule has 5 atom stereocenters. The van der Waals surface area contributed by atoms with Crippen molar-refractivity contribution < 1.29 is 0 Å². The van der Waals surface area contributed by atoms with E-state index >= 15 is 0 Å². The van der Waals surface area contributed by atoms with Crippen LogP contribution in [0, 0.1) is 23.7 Å². The normalized spacial score (nSPS) is 25.6. The third kappa shape index (κ3) is 7.11. The third-order valence-electron chi connectivity index (χ3n) is 12.4. The van der Waals surface area contributed by atoms with Crippen molar-refractivity contribution in [1.82, 2.24) is 0 Å². The molecule has 0 N–H and O–H groups in total. The van der Waals surface area contributed by atoms with Gasteiger partial charge in [0.2, 0.25) is 0 Å². The van der Waals surface area contributed by atoms with Crippen molar-refractivity contribution in [2.24, 2.45) is 28.7 Å². The first-order valence-electron chi connectivity index (χ1n) is 20.3. The predicted molar refractivity (Wildman–Crippen MR) is 239 cm³/mol. The summed E-state index contributed by atoms with van der Waals surface area (Å²) in [5.41, 5.74) is 16.5. The van der Waals surface area contributed by atoms with Gasteiger partial charge in [-0.05, 0) is 101 Å². The van der Waals surface area contributed by atoms with E-state index in [0.29, 0.717) is 29.6 Å². The first kappa shape index (κ1) is 35.6. The minimum Gasteiger partial charge on any atom is -0.247 e. The van der Waals surface area contributed by atoms with Crippen LogP contribution in [-0.2, 0) is 0 Å². The van der Waals surface area contributed by atoms with Crippen LogP contribution in [0.5, 0.6) is 0 Å². The summed E-state index contributed by atoms with van der Waals surface area (Å²) in [6.07, 6.45) is 41.1. The molecule has 3 aromatic rings. The van der Waals surface area contributed by atoms with Gasteiger partial charge in [0.1, 0.15) is 0 Å². The molecule has 1 heteroatoms. The Morgan fingerprint density at radius 2 is 1.50 bits per heavy atom. The Bertz CT molecular complexity index is 2450. The minimum absolute atomic E-state index is 0.302. The standard InChI is InChI=1S/C55H49N/c1-37-14-12-23-51(54(37)45-18-8-5-9-19-45)43-29-24-41(25-30-43)48-21-13-22-50(36-48)55-39(3)53(38(2)34-52(56-55)44-16-6-4-7-17-44)46-31-26-42(27-32-46)49-33-28-40-15-10-11-20-47(40)35-49/h4-8,10-18,20-22,24,26-36,40-41,47,51,54H,1-2,9,19,23,25H2,3H3. The van der Waals surface area contributed by atoms with Gasteiger partial charge in [-0.15, -0.1) is 0 Å². The summed E-state index contributed by atoms with van der Waals surface area (Å²) < 4.78 is 0. The number of allylic oxidation sites excluding steroid dienone is 23. The van der Waals surface area contributed by atoms with Crippen LogP contribution >= 0.6 is 0 Å². The van der Waals surface area contributed by atoms with Crippen molar-refractivity contribution >= 4 is 22.6 Å². The van der Waals surface area contributed by atoms with Crippen molar-refractivity contribution in [3.05, 3.63) is 245 Å². The third-order valence-corrected chi connectivity index (χ3v) is 12.4. The van der Waals surface area contributed by atoms with Crippen molar-refractivity contribution in [2.75, 3.05) is 0 Å². The molecule has 0 saturated heterocycles. The maximum Gasteiger partial charge on any atom is 0.0745 e. The van der Waals surface area contributed by atoms with Gasteiger partial charge in [-0.1, -0.05) is 183 Å². The lowest BCUT2D eigenvalue weighted by molar-refractivity contribution is 0.476. The van der Waals surface area contributed by atoms with Crippen molar-refractivity contribution in [1.29, 1.82) is 0 Å². The van der Waals surface area contributed by atoms with Gasteiger partial charge in [0, 0.05) is 34.8 Å². The topological polar surface area (TPSA) is 12.4 Å². The zero-order valence-corrected chi connectivity index (χ0v) is 32.3. The number of rotatable bonds is 7. The Morgan fingerprint density at radius 1 is 0.696 bits per heavy atom. The summed E-state index contributed by atoms with van der Waals surface area (Å²) >= 11 is 0. The van der Waals surface area contributed by atoms with Crippen LogP contribution in [-0.4, -0.2) is 5.71 Å². The molecule has 9 rings (SSSR count). The fourth-order valence-electron chi connectivity index (χ4n) is 9.42. The number of benzene rings is 3. The molecule has 0 amide bonds. The number of hydrogen-bond donors (Lipinski definition) is 0. The van der Waals surface area contributed by atoms with Gasteiger partial charge in [-0.3, -0.25) is 0 Å². The van der Waals surface area contributed by atoms with Crippen molar-refractivity contribution in [3.8, 4) is 0 Å². The second-order valence-electron chi connectivity index (χ2n) is 15.9. The van der Waals surface area contributed by atoms with Crippen LogP contribution in [0.4, 0.5) is 0 Å². The first-order valence-corrected chi connectivity index (χ1v) is 20.3. The molecule has 3 aromatic carbocycles. The van der Waals surface area contributed by atoms with Crippen molar-refractivity contribution in [3.63, 3.8) is 0 Å². The quantitative estimate of drug-likeness (QED) is 0.230. The number of hydrogen-bond acceptors (Lipinski definition) is 1. The summed E-state index contributed by atoms with van der Waals surface area (Å²) in [4.78, 5) is 5.45. The molecule has 0 aromatic heterocycles. The molecule has 274 valence electrons. The van der Waals surface area contributed by atoms with Crippen LogP contribution in [0.15, 0.2) is 222 Å². The Balaban J connectivity index is 1.03. The molecular weight excluding hydrogens is 675 g/mol. The van der Waals surface area contributed by atoms with Crippen LogP contribution < -0.4 is 0 Å². The summed E-state index contributed by atoms with van der Waals surface area (Å²) in [5, 5.41) is 0. The average Bonchev–Trinajstić information content (AvgIpc) is 3.39. The van der Waals surface area contributed by atoms with Crippen LogP contribution in [0.25, 0.3) is 16.8 Å². The zero-order chi connectivity index (χ0) is 38.0. The number of aliphatic imine (C=N–C) groups is 1. The van der Waals surface area contributed by atoms with Crippen LogP contribution in [0.3, 0.4) is 0 Å². The Labute approximate surface area is 333 Å². The van der Waals surface area contributed by atoms with Crippen LogP contribution in [0.1, 0.15) is 66.3 Å². The lowest BCUT2D eigenvalue weighted by atomic mass is 9.69. The summed E-state index contributed by atoms with van der Waals surface area (Å²) in [7, 11) is 0. The zero-order valence-electron chi connectivity index (χ0n) is 32.3. The highest BCUT2D eigenvalue weighted by molar-refractivity contribution is 6.20. The van der Waals surface area contributed by atoms with Crippen molar-refractivity contribution in [2.45, 2.75) is 38.5 Å². The molecule has 1 aliphatic heterocycles. The molecular formula is C55H49N. The number of fused-ring (bicyclic) bond motifs is 1. The number of nitrogens with zero attached hydrogens (tertiary/aromatic N) is 1. The van der Waals surface area contributed by atoms with E-state index in [4.69, 9.17) is 4.99 Å². The van der Waals surface area contributed by atoms with E-state index in [1.165, 1.54) is 33.4 Å². The highest BCUT2D eigenvalue weighted by atomic mass is 14.8. The molecule has 5 aliphatic carbocycles. The van der Waals surface area contributed by atoms with Gasteiger partial charge in [0.15, 0.2) is 0 Å². The lowest BCUT2D eigenvalue weighted by Gasteiger charge is -2.35. The highest BCUT2D eigenvalue weighted by Gasteiger charge is 2.31. The second-order valence-corrected chi connectivity index (χ2v) is 15.9. The summed E-state index contributed by atoms with van der Waals surface area (Å²) in [6.45, 7) is 11.4. The van der Waals surface area contributed by atoms with Gasteiger partial charge >= 0.3 is 0 Å². The molecule has 0 saturated carbocycles. The molecule has 5 unspecified atom stereocenters. The lowest BCUT2D eigenvalue weighted by Crippen LogP contribution is -2.23. The van der Waals surface area contributed by atoms with E-state index in [-0.39, 0.29) is 0 Å². The van der Waals surface area contributed by atoms with E-state index in [0.717, 1.165) is 70.5 Å². The molecule has 0 radical (unpaired) electrons. The van der Waals surface area contributed by atoms with E-state index in [2.05, 4.69) is 196 Å².